The summed E-state index contributed by atoms with van der Waals surface area (Å²) in [5, 5.41) is 9.21. The largest absolute Gasteiger partial charge is 0.465 e. The Morgan fingerprint density at radius 3 is 3.00 bits per heavy atom. The van der Waals surface area contributed by atoms with E-state index >= 15 is 0 Å². The summed E-state index contributed by atoms with van der Waals surface area (Å²) >= 11 is 0. The molecule has 5 heteroatoms. The van der Waals surface area contributed by atoms with Crippen LogP contribution in [-0.4, -0.2) is 29.0 Å². The molecular formula is C13H16N2O3. The van der Waals surface area contributed by atoms with Gasteiger partial charge >= 0.3 is 6.09 Å². The highest BCUT2D eigenvalue weighted by Crippen LogP contribution is 2.25. The molecule has 0 saturated heterocycles. The molecule has 0 atom stereocenters. The topological polar surface area (TPSA) is 70.5 Å². The lowest BCUT2D eigenvalue weighted by atomic mass is 10.1. The van der Waals surface area contributed by atoms with Gasteiger partial charge in [0.1, 0.15) is 12.1 Å². The molecule has 0 fully saturated rings. The molecular weight excluding hydrogens is 232 g/mol. The first kappa shape index (κ1) is 12.5. The number of carboxylic acid groups (broad SMARTS) is 1. The van der Waals surface area contributed by atoms with Gasteiger partial charge in [-0.05, 0) is 37.3 Å². The standard InChI is InChI=1S/C13H16N2O3/c16-9-3-5-11-7-6-10-4-1-2-8-15(13(17)18)12(10)14-11/h6-7,9H,1-5,8H2,(H,17,18). The molecule has 0 radical (unpaired) electrons. The number of carbonyl (C=O) groups excluding carboxylic acids is 1. The van der Waals surface area contributed by atoms with Crippen LogP contribution in [0.1, 0.15) is 30.5 Å². The summed E-state index contributed by atoms with van der Waals surface area (Å²) in [6, 6.07) is 3.82. The molecule has 18 heavy (non-hydrogen) atoms. The molecule has 0 aliphatic carbocycles. The van der Waals surface area contributed by atoms with E-state index in [0.717, 1.165) is 36.8 Å². The first-order valence-electron chi connectivity index (χ1n) is 6.15. The predicted molar refractivity (Wildman–Crippen MR) is 66.9 cm³/mol. The molecule has 1 aliphatic rings. The molecule has 1 amide bonds. The minimum Gasteiger partial charge on any atom is -0.465 e. The van der Waals surface area contributed by atoms with Gasteiger partial charge in [0.05, 0.1) is 0 Å². The van der Waals surface area contributed by atoms with Crippen molar-refractivity contribution < 1.29 is 14.7 Å². The van der Waals surface area contributed by atoms with Crippen LogP contribution in [0.15, 0.2) is 12.1 Å². The van der Waals surface area contributed by atoms with Crippen molar-refractivity contribution in [3.05, 3.63) is 23.4 Å². The van der Waals surface area contributed by atoms with Crippen molar-refractivity contribution in [2.45, 2.75) is 32.1 Å². The van der Waals surface area contributed by atoms with Crippen LogP contribution in [0, 0.1) is 0 Å². The monoisotopic (exact) mass is 248 g/mol. The predicted octanol–water partition coefficient (Wildman–Crippen LogP) is 2.03. The number of nitrogens with zero attached hydrogens (tertiary/aromatic N) is 2. The number of pyridine rings is 1. The number of carbonyl (C=O) groups is 2. The summed E-state index contributed by atoms with van der Waals surface area (Å²) in [5.74, 6) is 0.545. The molecule has 2 rings (SSSR count). The van der Waals surface area contributed by atoms with Crippen LogP contribution >= 0.6 is 0 Å². The number of aryl methyl sites for hydroxylation is 2. The molecule has 1 aliphatic heterocycles. The van der Waals surface area contributed by atoms with Gasteiger partial charge in [-0.3, -0.25) is 4.90 Å². The van der Waals surface area contributed by atoms with Gasteiger partial charge in [0.25, 0.3) is 0 Å². The SMILES string of the molecule is O=CCCc1ccc2c(n1)N(C(=O)O)CCCC2. The number of hydrogen-bond donors (Lipinski definition) is 1. The van der Waals surface area contributed by atoms with E-state index in [-0.39, 0.29) is 0 Å². The number of rotatable bonds is 3. The zero-order chi connectivity index (χ0) is 13.0. The Balaban J connectivity index is 2.33. The zero-order valence-corrected chi connectivity index (χ0v) is 10.1. The van der Waals surface area contributed by atoms with Gasteiger partial charge in [0.2, 0.25) is 0 Å². The smallest absolute Gasteiger partial charge is 0.413 e. The van der Waals surface area contributed by atoms with E-state index in [1.165, 1.54) is 4.90 Å². The number of hydrogen-bond acceptors (Lipinski definition) is 3. The fourth-order valence-electron chi connectivity index (χ4n) is 2.17. The Kier molecular flexibility index (Phi) is 3.92. The third-order valence-corrected chi connectivity index (χ3v) is 3.10. The van der Waals surface area contributed by atoms with Crippen LogP contribution in [0.2, 0.25) is 0 Å². The molecule has 96 valence electrons. The zero-order valence-electron chi connectivity index (χ0n) is 10.1. The second kappa shape index (κ2) is 5.62. The number of fused-ring (bicyclic) bond motifs is 1. The fraction of sp³-hybridized carbons (Fsp3) is 0.462. The third kappa shape index (κ3) is 2.67. The van der Waals surface area contributed by atoms with Crippen molar-refractivity contribution >= 4 is 18.2 Å². The Bertz CT molecular complexity index is 460. The Morgan fingerprint density at radius 1 is 1.44 bits per heavy atom. The molecule has 0 unspecified atom stereocenters. The van der Waals surface area contributed by atoms with Gasteiger partial charge in [-0.2, -0.15) is 0 Å². The minimum atomic E-state index is -0.960. The van der Waals surface area contributed by atoms with Gasteiger partial charge in [-0.25, -0.2) is 9.78 Å². The quantitative estimate of drug-likeness (QED) is 0.831. The average Bonchev–Trinajstić information content (AvgIpc) is 2.57. The molecule has 0 bridgehead atoms. The minimum absolute atomic E-state index is 0.416. The Labute approximate surface area is 105 Å². The highest BCUT2D eigenvalue weighted by molar-refractivity contribution is 5.85. The van der Waals surface area contributed by atoms with Crippen molar-refractivity contribution in [3.63, 3.8) is 0 Å². The van der Waals surface area contributed by atoms with Crippen LogP contribution in [0.5, 0.6) is 0 Å². The maximum atomic E-state index is 11.2. The van der Waals surface area contributed by atoms with Crippen molar-refractivity contribution in [2.75, 3.05) is 11.4 Å². The van der Waals surface area contributed by atoms with Crippen LogP contribution in [0.25, 0.3) is 0 Å². The number of aldehydes is 1. The Hall–Kier alpha value is -1.91. The van der Waals surface area contributed by atoms with Gasteiger partial charge in [-0.15, -0.1) is 0 Å². The van der Waals surface area contributed by atoms with Crippen LogP contribution < -0.4 is 4.90 Å². The second-order valence-corrected chi connectivity index (χ2v) is 4.38. The highest BCUT2D eigenvalue weighted by atomic mass is 16.4. The molecule has 1 aromatic rings. The molecule has 2 heterocycles. The van der Waals surface area contributed by atoms with Crippen LogP contribution in [0.4, 0.5) is 10.6 Å². The maximum absolute atomic E-state index is 11.2. The lowest BCUT2D eigenvalue weighted by Crippen LogP contribution is -2.31. The van der Waals surface area contributed by atoms with Gasteiger partial charge in [-0.1, -0.05) is 6.07 Å². The van der Waals surface area contributed by atoms with Crippen molar-refractivity contribution in [3.8, 4) is 0 Å². The molecule has 0 aromatic carbocycles. The summed E-state index contributed by atoms with van der Waals surface area (Å²) in [6.07, 6.45) is 3.56. The van der Waals surface area contributed by atoms with E-state index < -0.39 is 6.09 Å². The third-order valence-electron chi connectivity index (χ3n) is 3.10. The van der Waals surface area contributed by atoms with E-state index in [2.05, 4.69) is 4.98 Å². The molecule has 0 spiro atoms. The van der Waals surface area contributed by atoms with Gasteiger partial charge in [0.15, 0.2) is 0 Å². The second-order valence-electron chi connectivity index (χ2n) is 4.38. The number of aromatic nitrogens is 1. The number of anilines is 1. The summed E-state index contributed by atoms with van der Waals surface area (Å²) in [5.41, 5.74) is 1.75. The molecule has 5 nitrogen and oxygen atoms in total. The Morgan fingerprint density at radius 2 is 2.28 bits per heavy atom. The summed E-state index contributed by atoms with van der Waals surface area (Å²) in [4.78, 5) is 27.3. The van der Waals surface area contributed by atoms with Crippen LogP contribution in [-0.2, 0) is 17.6 Å². The first-order chi connectivity index (χ1) is 8.72. The van der Waals surface area contributed by atoms with Gasteiger partial charge < -0.3 is 9.90 Å². The van der Waals surface area contributed by atoms with Crippen molar-refractivity contribution in [1.29, 1.82) is 0 Å². The fourth-order valence-corrected chi connectivity index (χ4v) is 2.17. The van der Waals surface area contributed by atoms with Crippen molar-refractivity contribution in [1.82, 2.24) is 4.98 Å². The van der Waals surface area contributed by atoms with E-state index in [0.29, 0.717) is 25.2 Å². The number of amides is 1. The van der Waals surface area contributed by atoms with Crippen LogP contribution in [0.3, 0.4) is 0 Å². The lowest BCUT2D eigenvalue weighted by molar-refractivity contribution is -0.107. The summed E-state index contributed by atoms with van der Waals surface area (Å²) < 4.78 is 0. The van der Waals surface area contributed by atoms with Crippen molar-refractivity contribution in [2.24, 2.45) is 0 Å². The summed E-state index contributed by atoms with van der Waals surface area (Å²) in [7, 11) is 0. The van der Waals surface area contributed by atoms with E-state index in [9.17, 15) is 14.7 Å². The normalized spacial score (nSPS) is 14.8. The lowest BCUT2D eigenvalue weighted by Gasteiger charge is -2.18. The molecule has 1 aromatic heterocycles. The highest BCUT2D eigenvalue weighted by Gasteiger charge is 2.22. The van der Waals surface area contributed by atoms with E-state index in [4.69, 9.17) is 0 Å². The maximum Gasteiger partial charge on any atom is 0.413 e. The van der Waals surface area contributed by atoms with E-state index in [1.807, 2.05) is 12.1 Å². The van der Waals surface area contributed by atoms with E-state index in [1.54, 1.807) is 0 Å². The molecule has 0 saturated carbocycles. The first-order valence-corrected chi connectivity index (χ1v) is 6.15. The average molecular weight is 248 g/mol. The molecule has 1 N–H and O–H groups in total. The van der Waals surface area contributed by atoms with Gasteiger partial charge in [0, 0.05) is 18.7 Å². The summed E-state index contributed by atoms with van der Waals surface area (Å²) in [6.45, 7) is 0.493.